The minimum atomic E-state index is 0.406. The summed E-state index contributed by atoms with van der Waals surface area (Å²) in [5, 5.41) is 1.11. The molecular formula is C14H12N4. The number of aromatic nitrogens is 3. The van der Waals surface area contributed by atoms with Gasteiger partial charge in [-0.3, -0.25) is 0 Å². The van der Waals surface area contributed by atoms with Crippen LogP contribution >= 0.6 is 0 Å². The van der Waals surface area contributed by atoms with Crippen LogP contribution in [0.5, 0.6) is 0 Å². The third kappa shape index (κ3) is 1.94. The van der Waals surface area contributed by atoms with E-state index < -0.39 is 0 Å². The van der Waals surface area contributed by atoms with Crippen molar-refractivity contribution in [1.29, 1.82) is 0 Å². The SMILES string of the molecule is NCc1ccnc(-c2ccc3ccccc3n2)n1. The molecule has 0 bridgehead atoms. The Morgan fingerprint density at radius 1 is 0.944 bits per heavy atom. The second kappa shape index (κ2) is 4.50. The monoisotopic (exact) mass is 236 g/mol. The van der Waals surface area contributed by atoms with Crippen LogP contribution in [0.3, 0.4) is 0 Å². The Kier molecular flexibility index (Phi) is 2.70. The maximum absolute atomic E-state index is 5.58. The molecule has 0 amide bonds. The first-order chi connectivity index (χ1) is 8.86. The molecule has 0 fully saturated rings. The average Bonchev–Trinajstić information content (AvgIpc) is 2.47. The van der Waals surface area contributed by atoms with Gasteiger partial charge in [-0.1, -0.05) is 24.3 Å². The number of fused-ring (bicyclic) bond motifs is 1. The maximum Gasteiger partial charge on any atom is 0.178 e. The lowest BCUT2D eigenvalue weighted by Crippen LogP contribution is -2.02. The van der Waals surface area contributed by atoms with E-state index >= 15 is 0 Å². The van der Waals surface area contributed by atoms with Gasteiger partial charge in [0.05, 0.1) is 11.2 Å². The summed E-state index contributed by atoms with van der Waals surface area (Å²) >= 11 is 0. The van der Waals surface area contributed by atoms with Gasteiger partial charge in [0.25, 0.3) is 0 Å². The van der Waals surface area contributed by atoms with Gasteiger partial charge in [-0.2, -0.15) is 0 Å². The first-order valence-corrected chi connectivity index (χ1v) is 5.75. The van der Waals surface area contributed by atoms with Crippen LogP contribution in [0.15, 0.2) is 48.7 Å². The molecule has 4 heteroatoms. The predicted molar refractivity (Wildman–Crippen MR) is 70.7 cm³/mol. The molecule has 3 rings (SSSR count). The fraction of sp³-hybridized carbons (Fsp3) is 0.0714. The zero-order valence-electron chi connectivity index (χ0n) is 9.74. The number of nitrogens with zero attached hydrogens (tertiary/aromatic N) is 3. The number of nitrogens with two attached hydrogens (primary N) is 1. The summed E-state index contributed by atoms with van der Waals surface area (Å²) in [6, 6.07) is 13.7. The predicted octanol–water partition coefficient (Wildman–Crippen LogP) is 2.15. The van der Waals surface area contributed by atoms with Crippen LogP contribution < -0.4 is 5.73 Å². The zero-order valence-corrected chi connectivity index (χ0v) is 9.74. The van der Waals surface area contributed by atoms with Gasteiger partial charge in [0.15, 0.2) is 5.82 Å². The van der Waals surface area contributed by atoms with Crippen LogP contribution in [0.2, 0.25) is 0 Å². The van der Waals surface area contributed by atoms with Gasteiger partial charge in [-0.05, 0) is 18.2 Å². The highest BCUT2D eigenvalue weighted by Gasteiger charge is 2.04. The molecule has 0 unspecified atom stereocenters. The highest BCUT2D eigenvalue weighted by atomic mass is 14.9. The highest BCUT2D eigenvalue weighted by molar-refractivity contribution is 5.80. The Labute approximate surface area is 105 Å². The van der Waals surface area contributed by atoms with Gasteiger partial charge in [0.2, 0.25) is 0 Å². The standard InChI is InChI=1S/C14H12N4/c15-9-11-7-8-16-14(17-11)13-6-5-10-3-1-2-4-12(10)18-13/h1-8H,9,15H2. The van der Waals surface area contributed by atoms with Crippen LogP contribution in [-0.4, -0.2) is 15.0 Å². The van der Waals surface area contributed by atoms with Crippen molar-refractivity contribution < 1.29 is 0 Å². The van der Waals surface area contributed by atoms with Crippen molar-refractivity contribution in [1.82, 2.24) is 15.0 Å². The second-order valence-corrected chi connectivity index (χ2v) is 3.96. The smallest absolute Gasteiger partial charge is 0.178 e. The molecule has 88 valence electrons. The minimum absolute atomic E-state index is 0.406. The molecule has 0 atom stereocenters. The molecule has 4 nitrogen and oxygen atoms in total. The molecular weight excluding hydrogens is 224 g/mol. The van der Waals surface area contributed by atoms with E-state index in [-0.39, 0.29) is 0 Å². The van der Waals surface area contributed by atoms with Gasteiger partial charge in [0, 0.05) is 18.1 Å². The van der Waals surface area contributed by atoms with Crippen LogP contribution in [-0.2, 0) is 6.54 Å². The minimum Gasteiger partial charge on any atom is -0.325 e. The summed E-state index contributed by atoms with van der Waals surface area (Å²) in [4.78, 5) is 13.2. The van der Waals surface area contributed by atoms with Gasteiger partial charge in [-0.15, -0.1) is 0 Å². The van der Waals surface area contributed by atoms with Crippen molar-refractivity contribution in [3.05, 3.63) is 54.4 Å². The van der Waals surface area contributed by atoms with E-state index in [1.54, 1.807) is 6.20 Å². The highest BCUT2D eigenvalue weighted by Crippen LogP contribution is 2.17. The molecule has 0 aliphatic carbocycles. The molecule has 0 aliphatic heterocycles. The zero-order chi connectivity index (χ0) is 12.4. The van der Waals surface area contributed by atoms with Gasteiger partial charge in [0.1, 0.15) is 5.69 Å². The third-order valence-electron chi connectivity index (χ3n) is 2.75. The van der Waals surface area contributed by atoms with E-state index in [1.165, 1.54) is 0 Å². The summed E-state index contributed by atoms with van der Waals surface area (Å²) in [6.07, 6.45) is 1.71. The van der Waals surface area contributed by atoms with E-state index in [9.17, 15) is 0 Å². The Bertz CT molecular complexity index is 694. The van der Waals surface area contributed by atoms with Crippen LogP contribution in [0.25, 0.3) is 22.4 Å². The molecule has 0 aliphatic rings. The van der Waals surface area contributed by atoms with Crippen LogP contribution in [0, 0.1) is 0 Å². The maximum atomic E-state index is 5.58. The molecule has 0 saturated heterocycles. The summed E-state index contributed by atoms with van der Waals surface area (Å²) in [5.41, 5.74) is 8.10. The molecule has 0 spiro atoms. The first-order valence-electron chi connectivity index (χ1n) is 5.75. The Balaban J connectivity index is 2.13. The lowest BCUT2D eigenvalue weighted by Gasteiger charge is -2.03. The number of benzene rings is 1. The van der Waals surface area contributed by atoms with Crippen molar-refractivity contribution in [2.45, 2.75) is 6.54 Å². The Morgan fingerprint density at radius 2 is 1.83 bits per heavy atom. The molecule has 3 aromatic rings. The lowest BCUT2D eigenvalue weighted by molar-refractivity contribution is 0.966. The fourth-order valence-electron chi connectivity index (χ4n) is 1.82. The topological polar surface area (TPSA) is 64.7 Å². The average molecular weight is 236 g/mol. The quantitative estimate of drug-likeness (QED) is 0.740. The van der Waals surface area contributed by atoms with E-state index in [4.69, 9.17) is 5.73 Å². The van der Waals surface area contributed by atoms with Crippen LogP contribution in [0.1, 0.15) is 5.69 Å². The summed E-state index contributed by atoms with van der Waals surface area (Å²) in [6.45, 7) is 0.406. The summed E-state index contributed by atoms with van der Waals surface area (Å²) in [7, 11) is 0. The largest absolute Gasteiger partial charge is 0.325 e. The van der Waals surface area contributed by atoms with E-state index in [2.05, 4.69) is 15.0 Å². The van der Waals surface area contributed by atoms with E-state index in [1.807, 2.05) is 42.5 Å². The molecule has 0 saturated carbocycles. The molecule has 2 aromatic heterocycles. The van der Waals surface area contributed by atoms with Gasteiger partial charge >= 0.3 is 0 Å². The Hall–Kier alpha value is -2.33. The van der Waals surface area contributed by atoms with E-state index in [0.29, 0.717) is 12.4 Å². The number of rotatable bonds is 2. The van der Waals surface area contributed by atoms with Crippen molar-refractivity contribution in [3.8, 4) is 11.5 Å². The van der Waals surface area contributed by atoms with E-state index in [0.717, 1.165) is 22.3 Å². The molecule has 1 aromatic carbocycles. The van der Waals surface area contributed by atoms with Crippen LogP contribution in [0.4, 0.5) is 0 Å². The molecule has 2 heterocycles. The van der Waals surface area contributed by atoms with Crippen molar-refractivity contribution in [3.63, 3.8) is 0 Å². The number of hydrogen-bond donors (Lipinski definition) is 1. The first kappa shape index (κ1) is 10.8. The second-order valence-electron chi connectivity index (χ2n) is 3.96. The number of hydrogen-bond acceptors (Lipinski definition) is 4. The third-order valence-corrected chi connectivity index (χ3v) is 2.75. The molecule has 0 radical (unpaired) electrons. The number of pyridine rings is 1. The molecule has 2 N–H and O–H groups in total. The lowest BCUT2D eigenvalue weighted by atomic mass is 10.2. The van der Waals surface area contributed by atoms with Crippen molar-refractivity contribution in [2.75, 3.05) is 0 Å². The normalized spacial score (nSPS) is 10.7. The summed E-state index contributed by atoms with van der Waals surface area (Å²) in [5.74, 6) is 0.615. The fourth-order valence-corrected chi connectivity index (χ4v) is 1.82. The van der Waals surface area contributed by atoms with Crippen molar-refractivity contribution in [2.24, 2.45) is 5.73 Å². The van der Waals surface area contributed by atoms with Gasteiger partial charge in [-0.25, -0.2) is 15.0 Å². The summed E-state index contributed by atoms with van der Waals surface area (Å²) < 4.78 is 0. The molecule has 18 heavy (non-hydrogen) atoms. The van der Waals surface area contributed by atoms with Crippen molar-refractivity contribution >= 4 is 10.9 Å². The number of para-hydroxylation sites is 1. The Morgan fingerprint density at radius 3 is 2.72 bits per heavy atom. The van der Waals surface area contributed by atoms with Gasteiger partial charge < -0.3 is 5.73 Å².